The Morgan fingerprint density at radius 3 is 2.46 bits per heavy atom. The molecule has 0 bridgehead atoms. The number of rotatable bonds is 7. The number of pyridine rings is 1. The minimum absolute atomic E-state index is 0.189. The predicted molar refractivity (Wildman–Crippen MR) is 102 cm³/mol. The smallest absolute Gasteiger partial charge is 0.338 e. The summed E-state index contributed by atoms with van der Waals surface area (Å²) in [5, 5.41) is 0. The van der Waals surface area contributed by atoms with Crippen LogP contribution in [0.15, 0.2) is 47.2 Å². The Balaban J connectivity index is 2.62. The van der Waals surface area contributed by atoms with Crippen LogP contribution in [0.2, 0.25) is 0 Å². The molecule has 1 aromatic rings. The molecule has 1 aromatic heterocycles. The SMILES string of the molecule is CCC1=C(N(CC)CC)OC(C)=C(C(=O)OC(C)C)C1c1ccccn1. The van der Waals surface area contributed by atoms with Crippen LogP contribution in [0.5, 0.6) is 0 Å². The molecule has 2 rings (SSSR count). The maximum Gasteiger partial charge on any atom is 0.338 e. The molecule has 142 valence electrons. The van der Waals surface area contributed by atoms with Crippen LogP contribution in [-0.2, 0) is 14.3 Å². The molecule has 0 amide bonds. The van der Waals surface area contributed by atoms with Crippen molar-refractivity contribution in [2.24, 2.45) is 0 Å². The zero-order chi connectivity index (χ0) is 19.3. The van der Waals surface area contributed by atoms with E-state index in [-0.39, 0.29) is 18.0 Å². The third-order valence-electron chi connectivity index (χ3n) is 4.52. The van der Waals surface area contributed by atoms with E-state index in [9.17, 15) is 4.79 Å². The van der Waals surface area contributed by atoms with E-state index in [1.165, 1.54) is 0 Å². The maximum absolute atomic E-state index is 12.9. The first kappa shape index (κ1) is 20.0. The molecule has 2 heterocycles. The maximum atomic E-state index is 12.9. The van der Waals surface area contributed by atoms with E-state index in [4.69, 9.17) is 9.47 Å². The van der Waals surface area contributed by atoms with Crippen LogP contribution in [0.4, 0.5) is 0 Å². The van der Waals surface area contributed by atoms with Gasteiger partial charge in [-0.05, 0) is 53.2 Å². The fraction of sp³-hybridized carbons (Fsp3) is 0.524. The summed E-state index contributed by atoms with van der Waals surface area (Å²) in [5.41, 5.74) is 2.45. The molecule has 0 N–H and O–H groups in total. The minimum Gasteiger partial charge on any atom is -0.459 e. The first-order valence-electron chi connectivity index (χ1n) is 9.42. The molecule has 0 radical (unpaired) electrons. The van der Waals surface area contributed by atoms with Gasteiger partial charge in [-0.1, -0.05) is 13.0 Å². The van der Waals surface area contributed by atoms with Crippen molar-refractivity contribution in [2.75, 3.05) is 13.1 Å². The lowest BCUT2D eigenvalue weighted by Crippen LogP contribution is -2.32. The van der Waals surface area contributed by atoms with Crippen molar-refractivity contribution in [2.45, 2.75) is 60.0 Å². The summed E-state index contributed by atoms with van der Waals surface area (Å²) in [5.74, 6) is 0.839. The largest absolute Gasteiger partial charge is 0.459 e. The van der Waals surface area contributed by atoms with Gasteiger partial charge in [0.25, 0.3) is 0 Å². The van der Waals surface area contributed by atoms with Gasteiger partial charge < -0.3 is 14.4 Å². The van der Waals surface area contributed by atoms with Gasteiger partial charge in [0.05, 0.1) is 23.3 Å². The molecule has 0 aromatic carbocycles. The number of carbonyl (C=O) groups excluding carboxylic acids is 1. The van der Waals surface area contributed by atoms with Gasteiger partial charge in [-0.2, -0.15) is 0 Å². The van der Waals surface area contributed by atoms with Crippen LogP contribution in [0.25, 0.3) is 0 Å². The van der Waals surface area contributed by atoms with Gasteiger partial charge in [-0.3, -0.25) is 4.98 Å². The molecule has 5 heteroatoms. The Kier molecular flexibility index (Phi) is 6.83. The number of nitrogens with zero attached hydrogens (tertiary/aromatic N) is 2. The first-order chi connectivity index (χ1) is 12.4. The number of hydrogen-bond acceptors (Lipinski definition) is 5. The average molecular weight is 358 g/mol. The Bertz CT molecular complexity index is 688. The van der Waals surface area contributed by atoms with E-state index >= 15 is 0 Å². The van der Waals surface area contributed by atoms with Crippen LogP contribution in [-0.4, -0.2) is 35.0 Å². The van der Waals surface area contributed by atoms with Crippen molar-refractivity contribution in [3.05, 3.63) is 52.9 Å². The van der Waals surface area contributed by atoms with Crippen LogP contribution in [0.3, 0.4) is 0 Å². The highest BCUT2D eigenvalue weighted by Crippen LogP contribution is 2.42. The van der Waals surface area contributed by atoms with Crippen LogP contribution >= 0.6 is 0 Å². The summed E-state index contributed by atoms with van der Waals surface area (Å²) in [4.78, 5) is 19.6. The van der Waals surface area contributed by atoms with Gasteiger partial charge in [0.15, 0.2) is 5.88 Å². The second-order valence-electron chi connectivity index (χ2n) is 6.57. The molecular weight excluding hydrogens is 328 g/mol. The number of ether oxygens (including phenoxy) is 2. The number of allylic oxidation sites excluding steroid dienone is 2. The zero-order valence-corrected chi connectivity index (χ0v) is 16.7. The zero-order valence-electron chi connectivity index (χ0n) is 16.7. The van der Waals surface area contributed by atoms with Crippen molar-refractivity contribution in [3.63, 3.8) is 0 Å². The molecule has 0 saturated heterocycles. The number of aromatic nitrogens is 1. The van der Waals surface area contributed by atoms with Crippen molar-refractivity contribution < 1.29 is 14.3 Å². The summed E-state index contributed by atoms with van der Waals surface area (Å²) in [7, 11) is 0. The molecule has 1 aliphatic heterocycles. The normalized spacial score (nSPS) is 17.4. The van der Waals surface area contributed by atoms with Crippen molar-refractivity contribution >= 4 is 5.97 Å². The number of esters is 1. The van der Waals surface area contributed by atoms with Crippen LogP contribution in [0, 0.1) is 0 Å². The summed E-state index contributed by atoms with van der Waals surface area (Å²) in [6, 6.07) is 5.79. The number of carbonyl (C=O) groups is 1. The Labute approximate surface area is 156 Å². The van der Waals surface area contributed by atoms with E-state index in [2.05, 4.69) is 30.7 Å². The van der Waals surface area contributed by atoms with Gasteiger partial charge in [0.2, 0.25) is 0 Å². The molecule has 1 aliphatic rings. The quantitative estimate of drug-likeness (QED) is 0.677. The summed E-state index contributed by atoms with van der Waals surface area (Å²) < 4.78 is 11.7. The fourth-order valence-corrected chi connectivity index (χ4v) is 3.31. The van der Waals surface area contributed by atoms with E-state index < -0.39 is 0 Å². The van der Waals surface area contributed by atoms with Gasteiger partial charge in [-0.15, -0.1) is 0 Å². The van der Waals surface area contributed by atoms with Gasteiger partial charge in [0, 0.05) is 24.9 Å². The Morgan fingerprint density at radius 1 is 1.27 bits per heavy atom. The van der Waals surface area contributed by atoms with Gasteiger partial charge >= 0.3 is 5.97 Å². The number of hydrogen-bond donors (Lipinski definition) is 0. The highest BCUT2D eigenvalue weighted by molar-refractivity contribution is 5.92. The van der Waals surface area contributed by atoms with E-state index in [1.54, 1.807) is 6.20 Å². The molecule has 26 heavy (non-hydrogen) atoms. The molecule has 1 unspecified atom stereocenters. The molecular formula is C21H30N2O3. The van der Waals surface area contributed by atoms with E-state index in [0.717, 1.165) is 36.7 Å². The molecule has 5 nitrogen and oxygen atoms in total. The molecule has 0 spiro atoms. The van der Waals surface area contributed by atoms with Crippen molar-refractivity contribution in [1.82, 2.24) is 9.88 Å². The molecule has 0 aliphatic carbocycles. The Morgan fingerprint density at radius 2 is 1.96 bits per heavy atom. The monoisotopic (exact) mass is 358 g/mol. The fourth-order valence-electron chi connectivity index (χ4n) is 3.31. The topological polar surface area (TPSA) is 51.7 Å². The van der Waals surface area contributed by atoms with Gasteiger partial charge in [0.1, 0.15) is 5.76 Å². The standard InChI is InChI=1S/C21H30N2O3/c1-7-16-19(17-12-10-11-13-22-17)18(21(24)25-14(4)5)15(6)26-20(16)23(8-2)9-3/h10-14,19H,7-9H2,1-6H3. The lowest BCUT2D eigenvalue weighted by Gasteiger charge is -2.35. The highest BCUT2D eigenvalue weighted by Gasteiger charge is 2.37. The second kappa shape index (κ2) is 8.88. The first-order valence-corrected chi connectivity index (χ1v) is 9.42. The van der Waals surface area contributed by atoms with Crippen LogP contribution < -0.4 is 0 Å². The average Bonchev–Trinajstić information content (AvgIpc) is 2.62. The minimum atomic E-state index is -0.335. The lowest BCUT2D eigenvalue weighted by atomic mass is 9.83. The third kappa shape index (κ3) is 4.09. The molecule has 1 atom stereocenters. The third-order valence-corrected chi connectivity index (χ3v) is 4.52. The van der Waals surface area contributed by atoms with E-state index in [0.29, 0.717) is 11.3 Å². The predicted octanol–water partition coefficient (Wildman–Crippen LogP) is 4.38. The summed E-state index contributed by atoms with van der Waals surface area (Å²) >= 11 is 0. The van der Waals surface area contributed by atoms with Crippen molar-refractivity contribution in [1.29, 1.82) is 0 Å². The summed E-state index contributed by atoms with van der Waals surface area (Å²) in [6.07, 6.45) is 2.33. The highest BCUT2D eigenvalue weighted by atomic mass is 16.5. The van der Waals surface area contributed by atoms with Crippen molar-refractivity contribution in [3.8, 4) is 0 Å². The van der Waals surface area contributed by atoms with Crippen LogP contribution in [0.1, 0.15) is 59.6 Å². The molecule has 0 saturated carbocycles. The summed E-state index contributed by atoms with van der Waals surface area (Å²) in [6.45, 7) is 13.5. The van der Waals surface area contributed by atoms with Gasteiger partial charge in [-0.25, -0.2) is 4.79 Å². The Hall–Kier alpha value is -2.30. The second-order valence-corrected chi connectivity index (χ2v) is 6.57. The molecule has 0 fully saturated rings. The lowest BCUT2D eigenvalue weighted by molar-refractivity contribution is -0.143. The van der Waals surface area contributed by atoms with E-state index in [1.807, 2.05) is 39.0 Å².